The van der Waals surface area contributed by atoms with Gasteiger partial charge in [-0.2, -0.15) is 29.5 Å². The van der Waals surface area contributed by atoms with Crippen molar-refractivity contribution in [3.8, 4) is 0 Å². The normalized spacial score (nSPS) is 10.4. The van der Waals surface area contributed by atoms with Gasteiger partial charge < -0.3 is 0 Å². The number of hydrogen-bond donors (Lipinski definition) is 0. The SMILES string of the molecule is CC(C)c1cc[c-]c2ncsc12.[Re]. The Bertz CT molecular complexity index is 394. The Balaban J connectivity index is 0.000000845. The van der Waals surface area contributed by atoms with E-state index in [1.165, 1.54) is 10.3 Å². The van der Waals surface area contributed by atoms with Crippen molar-refractivity contribution >= 4 is 21.6 Å². The maximum atomic E-state index is 4.22. The fourth-order valence-corrected chi connectivity index (χ4v) is 2.22. The largest absolute Gasteiger partial charge is 0.272 e. The molecule has 2 rings (SSSR count). The summed E-state index contributed by atoms with van der Waals surface area (Å²) in [5.74, 6) is 0.572. The first kappa shape index (κ1) is 10.9. The number of nitrogens with zero attached hydrogens (tertiary/aromatic N) is 1. The van der Waals surface area contributed by atoms with Crippen LogP contribution < -0.4 is 0 Å². The molecule has 69 valence electrons. The van der Waals surface area contributed by atoms with Crippen LogP contribution in [-0.2, 0) is 20.4 Å². The van der Waals surface area contributed by atoms with Gasteiger partial charge in [-0.3, -0.25) is 4.98 Å². The van der Waals surface area contributed by atoms with Crippen LogP contribution in [0.5, 0.6) is 0 Å². The molecule has 0 aliphatic carbocycles. The van der Waals surface area contributed by atoms with Gasteiger partial charge in [-0.05, 0) is 11.4 Å². The van der Waals surface area contributed by atoms with E-state index in [1.54, 1.807) is 11.3 Å². The van der Waals surface area contributed by atoms with Crippen molar-refractivity contribution in [2.75, 3.05) is 0 Å². The molecule has 0 aliphatic heterocycles. The summed E-state index contributed by atoms with van der Waals surface area (Å²) in [5.41, 5.74) is 4.27. The minimum Gasteiger partial charge on any atom is -0.272 e. The van der Waals surface area contributed by atoms with Crippen LogP contribution in [0.4, 0.5) is 0 Å². The molecule has 0 aliphatic rings. The number of thiazole rings is 1. The summed E-state index contributed by atoms with van der Waals surface area (Å²) < 4.78 is 1.28. The van der Waals surface area contributed by atoms with E-state index >= 15 is 0 Å². The summed E-state index contributed by atoms with van der Waals surface area (Å²) in [6.45, 7) is 4.41. The van der Waals surface area contributed by atoms with Gasteiger partial charge in [0.15, 0.2) is 0 Å². The monoisotopic (exact) mass is 363 g/mol. The molecule has 0 amide bonds. The molecule has 1 aromatic carbocycles. The predicted molar refractivity (Wildman–Crippen MR) is 52.5 cm³/mol. The average molecular weight is 362 g/mol. The minimum atomic E-state index is 0. The van der Waals surface area contributed by atoms with Crippen LogP contribution in [0.1, 0.15) is 25.3 Å². The summed E-state index contributed by atoms with van der Waals surface area (Å²) in [6, 6.07) is 7.21. The van der Waals surface area contributed by atoms with E-state index in [9.17, 15) is 0 Å². The zero-order valence-electron chi connectivity index (χ0n) is 7.54. The molecule has 1 heterocycles. The quantitative estimate of drug-likeness (QED) is 0.710. The summed E-state index contributed by atoms with van der Waals surface area (Å²) >= 11 is 1.70. The second-order valence-electron chi connectivity index (χ2n) is 3.12. The first-order valence-electron chi connectivity index (χ1n) is 4.03. The second kappa shape index (κ2) is 4.33. The molecule has 0 saturated carbocycles. The molecule has 0 atom stereocenters. The maximum Gasteiger partial charge on any atom is 0.0657 e. The van der Waals surface area contributed by atoms with Crippen molar-refractivity contribution in [2.45, 2.75) is 19.8 Å². The number of rotatable bonds is 1. The van der Waals surface area contributed by atoms with Crippen molar-refractivity contribution in [3.05, 3.63) is 29.3 Å². The van der Waals surface area contributed by atoms with Crippen LogP contribution in [0.3, 0.4) is 0 Å². The van der Waals surface area contributed by atoms with Gasteiger partial charge in [0.1, 0.15) is 0 Å². The van der Waals surface area contributed by atoms with Crippen LogP contribution in [0.2, 0.25) is 0 Å². The summed E-state index contributed by atoms with van der Waals surface area (Å²) in [6.07, 6.45) is 0. The van der Waals surface area contributed by atoms with Crippen LogP contribution in [-0.4, -0.2) is 4.98 Å². The van der Waals surface area contributed by atoms with Gasteiger partial charge in [0.25, 0.3) is 0 Å². The van der Waals surface area contributed by atoms with Crippen molar-refractivity contribution < 1.29 is 20.4 Å². The Hall–Kier alpha value is -0.228. The molecule has 0 fully saturated rings. The van der Waals surface area contributed by atoms with Gasteiger partial charge in [0.05, 0.1) is 5.51 Å². The van der Waals surface area contributed by atoms with Crippen LogP contribution in [0.15, 0.2) is 17.6 Å². The van der Waals surface area contributed by atoms with Crippen LogP contribution in [0, 0.1) is 6.07 Å². The molecule has 1 nitrogen and oxygen atoms in total. The molecule has 0 spiro atoms. The fourth-order valence-electron chi connectivity index (χ4n) is 1.29. The summed E-state index contributed by atoms with van der Waals surface area (Å²) in [4.78, 5) is 4.22. The second-order valence-corrected chi connectivity index (χ2v) is 3.97. The van der Waals surface area contributed by atoms with Gasteiger partial charge in [-0.15, -0.1) is 5.56 Å². The zero-order valence-corrected chi connectivity index (χ0v) is 11.1. The number of aromatic nitrogens is 1. The zero-order chi connectivity index (χ0) is 8.55. The Morgan fingerprint density at radius 2 is 2.23 bits per heavy atom. The molecule has 0 saturated heterocycles. The Morgan fingerprint density at radius 3 is 2.92 bits per heavy atom. The Labute approximate surface area is 95.8 Å². The first-order chi connectivity index (χ1) is 5.79. The molecule has 13 heavy (non-hydrogen) atoms. The first-order valence-corrected chi connectivity index (χ1v) is 4.91. The molecular formula is C10H10NReS-. The van der Waals surface area contributed by atoms with E-state index in [4.69, 9.17) is 0 Å². The van der Waals surface area contributed by atoms with Gasteiger partial charge in [0.2, 0.25) is 0 Å². The number of benzene rings is 1. The maximum absolute atomic E-state index is 4.22. The summed E-state index contributed by atoms with van der Waals surface area (Å²) in [7, 11) is 0. The molecule has 1 radical (unpaired) electrons. The third kappa shape index (κ3) is 1.99. The van der Waals surface area contributed by atoms with Crippen molar-refractivity contribution in [3.63, 3.8) is 0 Å². The smallest absolute Gasteiger partial charge is 0.0657 e. The van der Waals surface area contributed by atoms with Crippen molar-refractivity contribution in [1.29, 1.82) is 0 Å². The summed E-state index contributed by atoms with van der Waals surface area (Å²) in [5, 5.41) is 0. The third-order valence-electron chi connectivity index (χ3n) is 1.93. The predicted octanol–water partition coefficient (Wildman–Crippen LogP) is 3.22. The van der Waals surface area contributed by atoms with E-state index in [0.717, 1.165) is 5.52 Å². The topological polar surface area (TPSA) is 12.9 Å². The van der Waals surface area contributed by atoms with Gasteiger partial charge in [0, 0.05) is 20.4 Å². The molecule has 2 aromatic rings. The Kier molecular flexibility index (Phi) is 3.61. The van der Waals surface area contributed by atoms with Gasteiger partial charge in [-0.1, -0.05) is 18.5 Å². The van der Waals surface area contributed by atoms with Crippen LogP contribution >= 0.6 is 11.3 Å². The van der Waals surface area contributed by atoms with E-state index in [1.807, 2.05) is 11.6 Å². The number of hydrogen-bond acceptors (Lipinski definition) is 2. The van der Waals surface area contributed by atoms with E-state index < -0.39 is 0 Å². The molecule has 3 heteroatoms. The molecular weight excluding hydrogens is 352 g/mol. The molecule has 0 unspecified atom stereocenters. The fraction of sp³-hybridized carbons (Fsp3) is 0.300. The van der Waals surface area contributed by atoms with E-state index in [2.05, 4.69) is 31.0 Å². The Morgan fingerprint density at radius 1 is 1.46 bits per heavy atom. The third-order valence-corrected chi connectivity index (χ3v) is 2.81. The van der Waals surface area contributed by atoms with Crippen molar-refractivity contribution in [1.82, 2.24) is 4.98 Å². The van der Waals surface area contributed by atoms with Gasteiger partial charge in [-0.25, -0.2) is 0 Å². The van der Waals surface area contributed by atoms with E-state index in [-0.39, 0.29) is 20.4 Å². The number of fused-ring (bicyclic) bond motifs is 1. The standard InChI is InChI=1S/C10H10NS.Re/c1-7(2)8-4-3-5-9-10(8)12-6-11-9;/h3-4,6-7H,1-2H3;/q-1;. The van der Waals surface area contributed by atoms with Crippen LogP contribution in [0.25, 0.3) is 10.2 Å². The van der Waals surface area contributed by atoms with E-state index in [0.29, 0.717) is 5.92 Å². The minimum absolute atomic E-state index is 0. The molecule has 1 aromatic heterocycles. The van der Waals surface area contributed by atoms with Gasteiger partial charge >= 0.3 is 0 Å². The molecule has 0 N–H and O–H groups in total. The van der Waals surface area contributed by atoms with Crippen molar-refractivity contribution in [2.24, 2.45) is 0 Å². The molecule has 0 bridgehead atoms. The average Bonchev–Trinajstić information content (AvgIpc) is 2.49.